The first-order valence-electron chi connectivity index (χ1n) is 12.8. The van der Waals surface area contributed by atoms with E-state index in [4.69, 9.17) is 14.0 Å². The van der Waals surface area contributed by atoms with Gasteiger partial charge < -0.3 is 14.0 Å². The topological polar surface area (TPSA) is 90.9 Å². The van der Waals surface area contributed by atoms with Crippen molar-refractivity contribution in [3.05, 3.63) is 89.8 Å². The molecule has 0 amide bonds. The van der Waals surface area contributed by atoms with Gasteiger partial charge in [-0.05, 0) is 53.9 Å². The van der Waals surface area contributed by atoms with Gasteiger partial charge in [0.15, 0.2) is 0 Å². The Morgan fingerprint density at radius 1 is 1.05 bits per heavy atom. The minimum atomic E-state index is -3.67. The maximum atomic E-state index is 14.4. The quantitative estimate of drug-likeness (QED) is 0.0777. The van der Waals surface area contributed by atoms with E-state index in [-0.39, 0.29) is 12.8 Å². The van der Waals surface area contributed by atoms with Gasteiger partial charge in [0.1, 0.15) is 23.3 Å². The van der Waals surface area contributed by atoms with Crippen LogP contribution in [0.2, 0.25) is 0 Å². The van der Waals surface area contributed by atoms with E-state index in [1.54, 1.807) is 19.1 Å². The molecular weight excluding hydrogens is 533 g/mol. The molecule has 2 unspecified atom stereocenters. The maximum absolute atomic E-state index is 14.4. The lowest BCUT2D eigenvalue weighted by molar-refractivity contribution is -0.145. The van der Waals surface area contributed by atoms with E-state index in [0.29, 0.717) is 17.2 Å². The fourth-order valence-corrected chi connectivity index (χ4v) is 7.06. The van der Waals surface area contributed by atoms with Gasteiger partial charge >= 0.3 is 19.5 Å². The zero-order chi connectivity index (χ0) is 27.8. The number of benzene rings is 3. The van der Waals surface area contributed by atoms with Gasteiger partial charge in [0, 0.05) is 10.1 Å². The molecule has 0 saturated carbocycles. The number of ether oxygens (including phenoxy) is 2. The first-order valence-corrected chi connectivity index (χ1v) is 15.5. The number of unbranched alkanes of at least 4 members (excludes halogenated alkanes) is 1. The first-order chi connectivity index (χ1) is 18.8. The van der Waals surface area contributed by atoms with Crippen molar-refractivity contribution >= 4 is 51.7 Å². The molecule has 1 heterocycles. The molecule has 0 fully saturated rings. The van der Waals surface area contributed by atoms with E-state index in [1.165, 1.54) is 17.4 Å². The summed E-state index contributed by atoms with van der Waals surface area (Å²) in [5.74, 6) is -0.444. The zero-order valence-electron chi connectivity index (χ0n) is 22.1. The molecule has 0 spiro atoms. The predicted molar refractivity (Wildman–Crippen MR) is 157 cm³/mol. The van der Waals surface area contributed by atoms with E-state index in [9.17, 15) is 14.2 Å². The fourth-order valence-electron chi connectivity index (χ4n) is 4.07. The monoisotopic (exact) mass is 565 g/mol. The van der Waals surface area contributed by atoms with E-state index in [0.717, 1.165) is 39.3 Å². The third-order valence-electron chi connectivity index (χ3n) is 5.99. The fraction of sp³-hybridized carbons (Fsp3) is 0.267. The third kappa shape index (κ3) is 7.35. The highest BCUT2D eigenvalue weighted by molar-refractivity contribution is 7.56. The van der Waals surface area contributed by atoms with Gasteiger partial charge in [-0.25, -0.2) is 9.88 Å². The summed E-state index contributed by atoms with van der Waals surface area (Å²) in [5.41, 5.74) is 0.730. The molecular formula is C30H32NO6PS. The largest absolute Gasteiger partial charge is 0.465 e. The molecule has 4 aromatic rings. The highest BCUT2D eigenvalue weighted by atomic mass is 32.1. The van der Waals surface area contributed by atoms with Crippen LogP contribution in [0.15, 0.2) is 79.4 Å². The van der Waals surface area contributed by atoms with Crippen LogP contribution in [-0.2, 0) is 25.0 Å². The lowest BCUT2D eigenvalue weighted by Crippen LogP contribution is -2.35. The van der Waals surface area contributed by atoms with E-state index in [1.807, 2.05) is 61.5 Å². The molecule has 1 aromatic heterocycles. The number of thiophene rings is 1. The van der Waals surface area contributed by atoms with Crippen LogP contribution in [-0.4, -0.2) is 31.2 Å². The van der Waals surface area contributed by atoms with Crippen molar-refractivity contribution in [2.45, 2.75) is 38.9 Å². The molecule has 9 heteroatoms. The Morgan fingerprint density at radius 3 is 2.64 bits per heavy atom. The second-order valence-electron chi connectivity index (χ2n) is 9.14. The third-order valence-corrected chi connectivity index (χ3v) is 9.14. The molecule has 2 atom stereocenters. The van der Waals surface area contributed by atoms with E-state index in [2.05, 4.69) is 11.7 Å². The molecule has 1 N–H and O–H groups in total. The van der Waals surface area contributed by atoms with Crippen LogP contribution in [0, 0.1) is 0 Å². The average molecular weight is 566 g/mol. The smallest absolute Gasteiger partial charge is 0.348 e. The predicted octanol–water partition coefficient (Wildman–Crippen LogP) is 7.49. The van der Waals surface area contributed by atoms with Crippen molar-refractivity contribution in [2.24, 2.45) is 0 Å². The van der Waals surface area contributed by atoms with Crippen LogP contribution in [0.1, 0.15) is 41.9 Å². The second kappa shape index (κ2) is 13.1. The van der Waals surface area contributed by atoms with Crippen molar-refractivity contribution in [2.75, 3.05) is 13.2 Å². The lowest BCUT2D eigenvalue weighted by atomic mass is 10.1. The van der Waals surface area contributed by atoms with Gasteiger partial charge in [0.05, 0.1) is 12.8 Å². The second-order valence-corrected chi connectivity index (χ2v) is 12.3. The number of hydrogen-bond acceptors (Lipinski definition) is 7. The number of hydrogen-bond donors (Lipinski definition) is 1. The summed E-state index contributed by atoms with van der Waals surface area (Å²) in [7, 11) is -3.67. The molecule has 0 aliphatic carbocycles. The van der Waals surface area contributed by atoms with Gasteiger partial charge in [-0.15, -0.1) is 11.3 Å². The number of rotatable bonds is 13. The molecule has 0 aliphatic rings. The number of fused-ring (bicyclic) bond motifs is 2. The molecule has 0 saturated heterocycles. The van der Waals surface area contributed by atoms with Crippen LogP contribution < -0.4 is 9.61 Å². The molecule has 3 aromatic carbocycles. The van der Waals surface area contributed by atoms with E-state index < -0.39 is 25.5 Å². The Morgan fingerprint density at radius 2 is 1.85 bits per heavy atom. The van der Waals surface area contributed by atoms with Gasteiger partial charge in [-0.1, -0.05) is 68.5 Å². The highest BCUT2D eigenvalue weighted by Gasteiger charge is 2.31. The summed E-state index contributed by atoms with van der Waals surface area (Å²) >= 11 is 1.32. The van der Waals surface area contributed by atoms with Crippen molar-refractivity contribution in [3.8, 4) is 5.75 Å². The standard InChI is InChI=1S/C30H32NO6PS/c1-4-6-17-36-29(32)21(3)31-38(34,37-26-13-9-11-23-10-7-8-12-25(23)26)20-22-14-15-27-24(18-22)19-28(39-27)30(33)35-16-5-2/h5,7-15,18-19,21H,2,4,6,16-17,20H2,1,3H3,(H,31,34). The SMILES string of the molecule is C=CCOC(=O)c1cc2cc(CP(=O)(NC(C)C(=O)OCCCC)Oc3cccc4ccccc34)ccc2s1. The molecule has 0 radical (unpaired) electrons. The minimum Gasteiger partial charge on any atom is -0.465 e. The zero-order valence-corrected chi connectivity index (χ0v) is 23.8. The van der Waals surface area contributed by atoms with Gasteiger partial charge in [-0.2, -0.15) is 0 Å². The lowest BCUT2D eigenvalue weighted by Gasteiger charge is -2.24. The van der Waals surface area contributed by atoms with Crippen LogP contribution >= 0.6 is 18.9 Å². The van der Waals surface area contributed by atoms with Crippen LogP contribution in [0.5, 0.6) is 5.75 Å². The van der Waals surface area contributed by atoms with Crippen molar-refractivity contribution in [1.82, 2.24) is 5.09 Å². The number of carbonyl (C=O) groups is 2. The van der Waals surface area contributed by atoms with Crippen LogP contribution in [0.3, 0.4) is 0 Å². The molecule has 39 heavy (non-hydrogen) atoms. The molecule has 0 bridgehead atoms. The highest BCUT2D eigenvalue weighted by Crippen LogP contribution is 2.49. The number of nitrogens with one attached hydrogen (secondary N) is 1. The normalized spacial score (nSPS) is 13.5. The van der Waals surface area contributed by atoms with Gasteiger partial charge in [-0.3, -0.25) is 9.36 Å². The summed E-state index contributed by atoms with van der Waals surface area (Å²) in [6.07, 6.45) is 3.19. The summed E-state index contributed by atoms with van der Waals surface area (Å²) in [6.45, 7) is 7.64. The molecule has 204 valence electrons. The average Bonchev–Trinajstić information content (AvgIpc) is 3.35. The first kappa shape index (κ1) is 28.6. The summed E-state index contributed by atoms with van der Waals surface area (Å²) < 4.78 is 32.0. The summed E-state index contributed by atoms with van der Waals surface area (Å²) in [5, 5.41) is 5.54. The Kier molecular flexibility index (Phi) is 9.57. The van der Waals surface area contributed by atoms with Crippen molar-refractivity contribution < 1.29 is 28.2 Å². The van der Waals surface area contributed by atoms with E-state index >= 15 is 0 Å². The molecule has 0 aliphatic heterocycles. The Balaban J connectivity index is 1.63. The Bertz CT molecular complexity index is 1530. The number of carbonyl (C=O) groups excluding carboxylic acids is 2. The number of esters is 2. The molecule has 7 nitrogen and oxygen atoms in total. The summed E-state index contributed by atoms with van der Waals surface area (Å²) in [4.78, 5) is 25.4. The van der Waals surface area contributed by atoms with Gasteiger partial charge in [0.2, 0.25) is 0 Å². The van der Waals surface area contributed by atoms with Gasteiger partial charge in [0.25, 0.3) is 0 Å². The van der Waals surface area contributed by atoms with Crippen LogP contribution in [0.4, 0.5) is 0 Å². The Hall–Kier alpha value is -3.45. The van der Waals surface area contributed by atoms with Crippen LogP contribution in [0.25, 0.3) is 20.9 Å². The minimum absolute atomic E-state index is 0.0187. The summed E-state index contributed by atoms with van der Waals surface area (Å²) in [6, 6.07) is 19.8. The Labute approximate surface area is 232 Å². The maximum Gasteiger partial charge on any atom is 0.348 e. The van der Waals surface area contributed by atoms with Crippen molar-refractivity contribution in [3.63, 3.8) is 0 Å². The molecule has 4 rings (SSSR count). The van der Waals surface area contributed by atoms with Crippen molar-refractivity contribution in [1.29, 1.82) is 0 Å².